The largest absolute Gasteiger partial charge is 0.452 e. The number of ether oxygens (including phenoxy) is 1. The molecule has 2 aromatic carbocycles. The van der Waals surface area contributed by atoms with E-state index in [4.69, 9.17) is 10.5 Å². The number of aromatic nitrogens is 1. The molecule has 0 radical (unpaired) electrons. The van der Waals surface area contributed by atoms with Gasteiger partial charge in [-0.25, -0.2) is 4.39 Å². The molecule has 0 aliphatic heterocycles. The molecule has 0 spiro atoms. The second-order valence-corrected chi connectivity index (χ2v) is 4.91. The molecule has 0 aliphatic carbocycles. The Bertz CT molecular complexity index is 787. The van der Waals surface area contributed by atoms with Crippen LogP contribution in [0.5, 0.6) is 11.5 Å². The molecule has 1 heterocycles. The van der Waals surface area contributed by atoms with Gasteiger partial charge in [-0.1, -0.05) is 30.3 Å². The Kier molecular flexibility index (Phi) is 3.54. The number of fused-ring (bicyclic) bond motifs is 1. The minimum atomic E-state index is -0.432. The third-order valence-electron chi connectivity index (χ3n) is 3.27. The molecule has 1 aromatic heterocycles. The lowest BCUT2D eigenvalue weighted by atomic mass is 10.1. The van der Waals surface area contributed by atoms with Gasteiger partial charge in [0.1, 0.15) is 5.75 Å². The maximum atomic E-state index is 14.0. The van der Waals surface area contributed by atoms with Crippen molar-refractivity contribution in [3.8, 4) is 11.5 Å². The number of pyridine rings is 1. The van der Waals surface area contributed by atoms with Crippen LogP contribution in [-0.2, 0) is 0 Å². The number of nitrogens with two attached hydrogens (primary N) is 1. The van der Waals surface area contributed by atoms with Gasteiger partial charge in [0.15, 0.2) is 11.6 Å². The molecule has 1 atom stereocenters. The highest BCUT2D eigenvalue weighted by Gasteiger charge is 2.14. The van der Waals surface area contributed by atoms with Crippen LogP contribution in [0.2, 0.25) is 0 Å². The molecule has 2 N–H and O–H groups in total. The van der Waals surface area contributed by atoms with Gasteiger partial charge in [0.2, 0.25) is 0 Å². The molecule has 3 nitrogen and oxygen atoms in total. The van der Waals surface area contributed by atoms with Crippen LogP contribution < -0.4 is 10.5 Å². The van der Waals surface area contributed by atoms with Gasteiger partial charge < -0.3 is 10.5 Å². The van der Waals surface area contributed by atoms with Crippen LogP contribution in [0.1, 0.15) is 18.5 Å². The quantitative estimate of drug-likeness (QED) is 0.783. The van der Waals surface area contributed by atoms with E-state index in [1.54, 1.807) is 25.3 Å². The molecule has 0 saturated carbocycles. The molecule has 3 rings (SSSR count). The van der Waals surface area contributed by atoms with Gasteiger partial charge in [-0.2, -0.15) is 0 Å². The zero-order valence-electron chi connectivity index (χ0n) is 11.6. The first-order valence-corrected chi connectivity index (χ1v) is 6.72. The van der Waals surface area contributed by atoms with E-state index in [0.717, 1.165) is 10.9 Å². The summed E-state index contributed by atoms with van der Waals surface area (Å²) < 4.78 is 19.7. The third-order valence-corrected chi connectivity index (χ3v) is 3.27. The first kappa shape index (κ1) is 13.5. The highest BCUT2D eigenvalue weighted by molar-refractivity contribution is 5.79. The van der Waals surface area contributed by atoms with E-state index in [2.05, 4.69) is 4.98 Å². The van der Waals surface area contributed by atoms with Gasteiger partial charge in [-0.15, -0.1) is 0 Å². The summed E-state index contributed by atoms with van der Waals surface area (Å²) in [5.74, 6) is 0.211. The normalized spacial score (nSPS) is 12.3. The van der Waals surface area contributed by atoms with E-state index in [1.165, 1.54) is 6.07 Å². The van der Waals surface area contributed by atoms with Crippen LogP contribution in [0.3, 0.4) is 0 Å². The van der Waals surface area contributed by atoms with Crippen LogP contribution in [-0.4, -0.2) is 4.98 Å². The van der Waals surface area contributed by atoms with Crippen LogP contribution in [0.4, 0.5) is 4.39 Å². The molecule has 4 heteroatoms. The average Bonchev–Trinajstić information content (AvgIpc) is 2.49. The molecule has 0 amide bonds. The van der Waals surface area contributed by atoms with Crippen LogP contribution >= 0.6 is 0 Å². The predicted octanol–water partition coefficient (Wildman–Crippen LogP) is 4.19. The van der Waals surface area contributed by atoms with Crippen LogP contribution in [0.25, 0.3) is 10.9 Å². The van der Waals surface area contributed by atoms with E-state index >= 15 is 0 Å². The van der Waals surface area contributed by atoms with Gasteiger partial charge in [0, 0.05) is 17.0 Å². The zero-order valence-corrected chi connectivity index (χ0v) is 11.6. The fourth-order valence-electron chi connectivity index (χ4n) is 2.22. The van der Waals surface area contributed by atoms with E-state index < -0.39 is 5.82 Å². The summed E-state index contributed by atoms with van der Waals surface area (Å²) in [6, 6.07) is 13.9. The van der Waals surface area contributed by atoms with Gasteiger partial charge in [-0.05, 0) is 25.1 Å². The summed E-state index contributed by atoms with van der Waals surface area (Å²) in [7, 11) is 0. The Labute approximate surface area is 122 Å². The van der Waals surface area contributed by atoms with E-state index in [1.807, 2.05) is 30.3 Å². The first-order chi connectivity index (χ1) is 10.1. The van der Waals surface area contributed by atoms with Crippen molar-refractivity contribution in [2.45, 2.75) is 13.0 Å². The van der Waals surface area contributed by atoms with Gasteiger partial charge in [0.05, 0.1) is 11.7 Å². The monoisotopic (exact) mass is 282 g/mol. The molecule has 0 bridgehead atoms. The zero-order chi connectivity index (χ0) is 14.8. The lowest BCUT2D eigenvalue weighted by Gasteiger charge is -2.14. The van der Waals surface area contributed by atoms with Gasteiger partial charge >= 0.3 is 0 Å². The average molecular weight is 282 g/mol. The summed E-state index contributed by atoms with van der Waals surface area (Å²) in [4.78, 5) is 4.30. The number of rotatable bonds is 3. The molecule has 0 unspecified atom stereocenters. The minimum absolute atomic E-state index is 0.157. The van der Waals surface area contributed by atoms with Crippen molar-refractivity contribution in [2.75, 3.05) is 0 Å². The SMILES string of the molecule is C[C@@H](N)c1cccc(F)c1Oc1cnc2ccccc2c1. The molecular formula is C17H15FN2O. The highest BCUT2D eigenvalue weighted by atomic mass is 19.1. The Hall–Kier alpha value is -2.46. The topological polar surface area (TPSA) is 48.1 Å². The van der Waals surface area contributed by atoms with Gasteiger partial charge in [0.25, 0.3) is 0 Å². The second-order valence-electron chi connectivity index (χ2n) is 4.91. The summed E-state index contributed by atoms with van der Waals surface area (Å²) in [5, 5.41) is 0.939. The number of benzene rings is 2. The lowest BCUT2D eigenvalue weighted by molar-refractivity contribution is 0.432. The van der Waals surface area contributed by atoms with Gasteiger partial charge in [-0.3, -0.25) is 4.98 Å². The van der Waals surface area contributed by atoms with Crippen molar-refractivity contribution in [2.24, 2.45) is 5.73 Å². The molecule has 3 aromatic rings. The summed E-state index contributed by atoms with van der Waals surface area (Å²) >= 11 is 0. The van der Waals surface area contributed by atoms with E-state index in [9.17, 15) is 4.39 Å². The van der Waals surface area contributed by atoms with Crippen molar-refractivity contribution < 1.29 is 9.13 Å². The molecule has 0 aliphatic rings. The Morgan fingerprint density at radius 3 is 2.76 bits per heavy atom. The second kappa shape index (κ2) is 5.50. The number of hydrogen-bond donors (Lipinski definition) is 1. The fraction of sp³-hybridized carbons (Fsp3) is 0.118. The van der Waals surface area contributed by atoms with Crippen molar-refractivity contribution in [3.05, 3.63) is 66.1 Å². The van der Waals surface area contributed by atoms with Crippen molar-refractivity contribution in [1.82, 2.24) is 4.98 Å². The maximum Gasteiger partial charge on any atom is 0.167 e. The lowest BCUT2D eigenvalue weighted by Crippen LogP contribution is -2.07. The predicted molar refractivity (Wildman–Crippen MR) is 80.8 cm³/mol. The Morgan fingerprint density at radius 2 is 1.95 bits per heavy atom. The molecule has 21 heavy (non-hydrogen) atoms. The molecular weight excluding hydrogens is 267 g/mol. The smallest absolute Gasteiger partial charge is 0.167 e. The standard InChI is InChI=1S/C17H15FN2O/c1-11(19)14-6-4-7-15(18)17(14)21-13-9-12-5-2-3-8-16(12)20-10-13/h2-11H,19H2,1H3/t11-/m1/s1. The van der Waals surface area contributed by atoms with E-state index in [-0.39, 0.29) is 11.8 Å². The van der Waals surface area contributed by atoms with Crippen molar-refractivity contribution in [1.29, 1.82) is 0 Å². The van der Waals surface area contributed by atoms with Crippen molar-refractivity contribution >= 4 is 10.9 Å². The molecule has 106 valence electrons. The molecule has 0 fully saturated rings. The number of nitrogens with zero attached hydrogens (tertiary/aromatic N) is 1. The number of para-hydroxylation sites is 2. The summed E-state index contributed by atoms with van der Waals surface area (Å²) in [6.45, 7) is 1.79. The van der Waals surface area contributed by atoms with E-state index in [0.29, 0.717) is 11.3 Å². The number of hydrogen-bond acceptors (Lipinski definition) is 3. The highest BCUT2D eigenvalue weighted by Crippen LogP contribution is 2.32. The third kappa shape index (κ3) is 2.71. The molecule has 0 saturated heterocycles. The summed E-state index contributed by atoms with van der Waals surface area (Å²) in [5.41, 5.74) is 7.36. The summed E-state index contributed by atoms with van der Waals surface area (Å²) in [6.07, 6.45) is 1.58. The minimum Gasteiger partial charge on any atom is -0.452 e. The Morgan fingerprint density at radius 1 is 1.14 bits per heavy atom. The Balaban J connectivity index is 2.02. The maximum absolute atomic E-state index is 14.0. The number of halogens is 1. The van der Waals surface area contributed by atoms with Crippen LogP contribution in [0, 0.1) is 5.82 Å². The fourth-order valence-corrected chi connectivity index (χ4v) is 2.22. The van der Waals surface area contributed by atoms with Crippen molar-refractivity contribution in [3.63, 3.8) is 0 Å². The van der Waals surface area contributed by atoms with Crippen LogP contribution in [0.15, 0.2) is 54.7 Å². The first-order valence-electron chi connectivity index (χ1n) is 6.72.